The first-order valence-corrected chi connectivity index (χ1v) is 9.42. The third-order valence-electron chi connectivity index (χ3n) is 4.22. The summed E-state index contributed by atoms with van der Waals surface area (Å²) in [6, 6.07) is 6.01. The first kappa shape index (κ1) is 18.7. The van der Waals surface area contributed by atoms with E-state index >= 15 is 0 Å². The van der Waals surface area contributed by atoms with E-state index in [1.54, 1.807) is 0 Å². The number of rotatable bonds is 9. The minimum Gasteiger partial charge on any atom is -0.378 e. The zero-order valence-electron chi connectivity index (χ0n) is 15.0. The van der Waals surface area contributed by atoms with Crippen molar-refractivity contribution in [3.8, 4) is 0 Å². The normalized spacial score (nSPS) is 16.1. The van der Waals surface area contributed by atoms with Crippen LogP contribution >= 0.6 is 0 Å². The molecule has 0 aliphatic heterocycles. The molecule has 1 saturated carbocycles. The smallest absolute Gasteiger partial charge is 0.191 e. The van der Waals surface area contributed by atoms with E-state index in [4.69, 9.17) is 4.74 Å². The number of guanidine groups is 1. The van der Waals surface area contributed by atoms with E-state index in [9.17, 15) is 0 Å². The largest absolute Gasteiger partial charge is 0.378 e. The van der Waals surface area contributed by atoms with Crippen molar-refractivity contribution in [2.45, 2.75) is 58.0 Å². The van der Waals surface area contributed by atoms with E-state index in [1.807, 2.05) is 24.4 Å². The summed E-state index contributed by atoms with van der Waals surface area (Å²) in [5.41, 5.74) is 1.10. The van der Waals surface area contributed by atoms with Crippen LogP contribution in [0, 0.1) is 0 Å². The molecule has 2 N–H and O–H groups in total. The van der Waals surface area contributed by atoms with Gasteiger partial charge in [-0.2, -0.15) is 0 Å². The lowest BCUT2D eigenvalue weighted by Crippen LogP contribution is -2.38. The number of nitrogens with one attached hydrogen (secondary N) is 2. The van der Waals surface area contributed by atoms with Gasteiger partial charge in [-0.1, -0.05) is 25.3 Å². The molecule has 0 saturated heterocycles. The maximum absolute atomic E-state index is 5.95. The fraction of sp³-hybridized carbons (Fsp3) is 0.684. The molecule has 2 rings (SSSR count). The van der Waals surface area contributed by atoms with Crippen LogP contribution < -0.4 is 10.6 Å². The van der Waals surface area contributed by atoms with Crippen molar-refractivity contribution < 1.29 is 4.74 Å². The maximum Gasteiger partial charge on any atom is 0.191 e. The summed E-state index contributed by atoms with van der Waals surface area (Å²) in [6.07, 6.45) is 10.7. The quantitative estimate of drug-likeness (QED) is 0.415. The highest BCUT2D eigenvalue weighted by molar-refractivity contribution is 5.79. The molecule has 1 fully saturated rings. The van der Waals surface area contributed by atoms with Crippen LogP contribution in [0.5, 0.6) is 0 Å². The molecule has 1 aliphatic carbocycles. The summed E-state index contributed by atoms with van der Waals surface area (Å²) in [6.45, 7) is 5.41. The van der Waals surface area contributed by atoms with Gasteiger partial charge in [0.1, 0.15) is 0 Å². The predicted octanol–water partition coefficient (Wildman–Crippen LogP) is 2.92. The molecule has 1 aliphatic rings. The highest BCUT2D eigenvalue weighted by atomic mass is 16.5. The molecule has 5 nitrogen and oxygen atoms in total. The topological polar surface area (TPSA) is 58.5 Å². The molecule has 24 heavy (non-hydrogen) atoms. The Morgan fingerprint density at radius 2 is 2.12 bits per heavy atom. The Morgan fingerprint density at radius 3 is 2.88 bits per heavy atom. The number of ether oxygens (including phenoxy) is 1. The minimum absolute atomic E-state index is 0.493. The molecule has 134 valence electrons. The van der Waals surface area contributed by atoms with Crippen molar-refractivity contribution in [3.63, 3.8) is 0 Å². The molecule has 5 heteroatoms. The van der Waals surface area contributed by atoms with Crippen molar-refractivity contribution >= 4 is 5.96 Å². The highest BCUT2D eigenvalue weighted by Gasteiger charge is 2.12. The van der Waals surface area contributed by atoms with Crippen LogP contribution in [0.4, 0.5) is 0 Å². The lowest BCUT2D eigenvalue weighted by Gasteiger charge is -2.21. The Morgan fingerprint density at radius 1 is 1.25 bits per heavy atom. The van der Waals surface area contributed by atoms with Gasteiger partial charge in [0.05, 0.1) is 6.10 Å². The number of nitrogens with zero attached hydrogens (tertiary/aromatic N) is 2. The summed E-state index contributed by atoms with van der Waals surface area (Å²) >= 11 is 0. The molecule has 0 atom stereocenters. The van der Waals surface area contributed by atoms with Gasteiger partial charge in [0, 0.05) is 44.6 Å². The van der Waals surface area contributed by atoms with Crippen LogP contribution in [-0.4, -0.2) is 43.3 Å². The fourth-order valence-corrected chi connectivity index (χ4v) is 2.93. The van der Waals surface area contributed by atoms with Crippen molar-refractivity contribution in [1.82, 2.24) is 15.6 Å². The first-order chi connectivity index (χ1) is 11.9. The van der Waals surface area contributed by atoms with Gasteiger partial charge in [-0.3, -0.25) is 9.98 Å². The molecular formula is C19H32N4O. The Bertz CT molecular complexity index is 458. The van der Waals surface area contributed by atoms with Crippen LogP contribution in [0.15, 0.2) is 29.4 Å². The van der Waals surface area contributed by atoms with Crippen LogP contribution in [-0.2, 0) is 11.2 Å². The maximum atomic E-state index is 5.95. The summed E-state index contributed by atoms with van der Waals surface area (Å²) in [5.74, 6) is 0.881. The lowest BCUT2D eigenvalue weighted by atomic mass is 9.98. The number of hydrogen-bond acceptors (Lipinski definition) is 3. The van der Waals surface area contributed by atoms with E-state index in [0.717, 1.165) is 50.7 Å². The second-order valence-electron chi connectivity index (χ2n) is 6.24. The Balaban J connectivity index is 1.60. The molecule has 1 heterocycles. The van der Waals surface area contributed by atoms with Crippen LogP contribution in [0.1, 0.15) is 51.1 Å². The second-order valence-corrected chi connectivity index (χ2v) is 6.24. The molecule has 0 bridgehead atoms. The van der Waals surface area contributed by atoms with Crippen LogP contribution in [0.25, 0.3) is 0 Å². The van der Waals surface area contributed by atoms with Crippen molar-refractivity contribution in [3.05, 3.63) is 30.1 Å². The van der Waals surface area contributed by atoms with Gasteiger partial charge in [-0.15, -0.1) is 0 Å². The van der Waals surface area contributed by atoms with Gasteiger partial charge >= 0.3 is 0 Å². The standard InChI is InChI=1S/C19H32N4O/c1-2-20-19(23-15-12-17-9-6-7-13-21-17)22-14-8-16-24-18-10-4-3-5-11-18/h6-7,9,13,18H,2-5,8,10-12,14-16H2,1H3,(H2,20,22,23). The summed E-state index contributed by atoms with van der Waals surface area (Å²) in [5, 5.41) is 6.65. The molecule has 0 unspecified atom stereocenters. The molecule has 0 amide bonds. The number of aromatic nitrogens is 1. The monoisotopic (exact) mass is 332 g/mol. The Labute approximate surface area is 146 Å². The van der Waals surface area contributed by atoms with E-state index < -0.39 is 0 Å². The first-order valence-electron chi connectivity index (χ1n) is 9.42. The third kappa shape index (κ3) is 7.77. The lowest BCUT2D eigenvalue weighted by molar-refractivity contribution is 0.0281. The Hall–Kier alpha value is -1.62. The van der Waals surface area contributed by atoms with E-state index in [2.05, 4.69) is 27.5 Å². The molecule has 1 aromatic heterocycles. The SMILES string of the molecule is CCNC(=NCCCOC1CCCCC1)NCCc1ccccn1. The predicted molar refractivity (Wildman–Crippen MR) is 99.4 cm³/mol. The van der Waals surface area contributed by atoms with Crippen LogP contribution in [0.3, 0.4) is 0 Å². The van der Waals surface area contributed by atoms with Gasteiger partial charge in [0.15, 0.2) is 5.96 Å². The molecule has 0 aromatic carbocycles. The second kappa shape index (κ2) is 11.8. The summed E-state index contributed by atoms with van der Waals surface area (Å²) in [7, 11) is 0. The van der Waals surface area contributed by atoms with Crippen molar-refractivity contribution in [2.75, 3.05) is 26.2 Å². The van der Waals surface area contributed by atoms with Crippen molar-refractivity contribution in [1.29, 1.82) is 0 Å². The van der Waals surface area contributed by atoms with Crippen molar-refractivity contribution in [2.24, 2.45) is 4.99 Å². The van der Waals surface area contributed by atoms with Gasteiger partial charge in [0.25, 0.3) is 0 Å². The van der Waals surface area contributed by atoms with E-state index in [-0.39, 0.29) is 0 Å². The van der Waals surface area contributed by atoms with Gasteiger partial charge < -0.3 is 15.4 Å². The summed E-state index contributed by atoms with van der Waals surface area (Å²) in [4.78, 5) is 8.96. The average Bonchev–Trinajstić information content (AvgIpc) is 2.63. The van der Waals surface area contributed by atoms with Crippen LogP contribution in [0.2, 0.25) is 0 Å². The minimum atomic E-state index is 0.493. The summed E-state index contributed by atoms with van der Waals surface area (Å²) < 4.78 is 5.95. The number of aliphatic imine (C=N–C) groups is 1. The zero-order chi connectivity index (χ0) is 16.9. The zero-order valence-corrected chi connectivity index (χ0v) is 15.0. The third-order valence-corrected chi connectivity index (χ3v) is 4.22. The van der Waals surface area contributed by atoms with Gasteiger partial charge in [-0.25, -0.2) is 0 Å². The molecule has 0 spiro atoms. The van der Waals surface area contributed by atoms with E-state index in [1.165, 1.54) is 32.1 Å². The number of hydrogen-bond donors (Lipinski definition) is 2. The molecule has 1 aromatic rings. The highest BCUT2D eigenvalue weighted by Crippen LogP contribution is 2.20. The molecular weight excluding hydrogens is 300 g/mol. The Kier molecular flexibility index (Phi) is 9.24. The number of pyridine rings is 1. The molecule has 0 radical (unpaired) electrons. The van der Waals surface area contributed by atoms with E-state index in [0.29, 0.717) is 6.10 Å². The van der Waals surface area contributed by atoms with Gasteiger partial charge in [0.2, 0.25) is 0 Å². The average molecular weight is 332 g/mol. The van der Waals surface area contributed by atoms with Gasteiger partial charge in [-0.05, 0) is 38.3 Å². The fourth-order valence-electron chi connectivity index (χ4n) is 2.93.